The standard InChI is InChI=1S/C13H29O4P/c1-12(2)8-6-5-7-10-16-18(14,15)17-11-9-13(3)4/h12-13H,5-11H2,1-4H3,(H,14,15). The van der Waals surface area contributed by atoms with E-state index in [0.29, 0.717) is 18.4 Å². The molecule has 5 heteroatoms. The van der Waals surface area contributed by atoms with Gasteiger partial charge in [0.25, 0.3) is 0 Å². The van der Waals surface area contributed by atoms with Crippen LogP contribution < -0.4 is 0 Å². The quantitative estimate of drug-likeness (QED) is 0.450. The molecule has 0 spiro atoms. The Labute approximate surface area is 112 Å². The largest absolute Gasteiger partial charge is 0.472 e. The molecule has 0 aromatic carbocycles. The Bertz CT molecular complexity index is 241. The first-order valence-electron chi connectivity index (χ1n) is 6.95. The molecule has 0 amide bonds. The van der Waals surface area contributed by atoms with Crippen molar-refractivity contribution in [3.63, 3.8) is 0 Å². The fraction of sp³-hybridized carbons (Fsp3) is 1.00. The number of phosphoric acid groups is 1. The fourth-order valence-electron chi connectivity index (χ4n) is 1.45. The lowest BCUT2D eigenvalue weighted by molar-refractivity contribution is 0.142. The molecule has 1 unspecified atom stereocenters. The van der Waals surface area contributed by atoms with Crippen LogP contribution in [0.3, 0.4) is 0 Å². The van der Waals surface area contributed by atoms with Crippen LogP contribution in [0.15, 0.2) is 0 Å². The van der Waals surface area contributed by atoms with Gasteiger partial charge in [-0.3, -0.25) is 9.05 Å². The molecule has 0 aliphatic carbocycles. The van der Waals surface area contributed by atoms with E-state index in [0.717, 1.165) is 25.7 Å². The minimum Gasteiger partial charge on any atom is -0.302 e. The van der Waals surface area contributed by atoms with Gasteiger partial charge in [0.2, 0.25) is 0 Å². The summed E-state index contributed by atoms with van der Waals surface area (Å²) in [5, 5.41) is 0. The van der Waals surface area contributed by atoms with Crippen molar-refractivity contribution < 1.29 is 18.5 Å². The highest BCUT2D eigenvalue weighted by Gasteiger charge is 2.20. The van der Waals surface area contributed by atoms with Crippen LogP contribution in [0.1, 0.15) is 59.8 Å². The molecule has 18 heavy (non-hydrogen) atoms. The van der Waals surface area contributed by atoms with Gasteiger partial charge in [0.1, 0.15) is 0 Å². The summed E-state index contributed by atoms with van der Waals surface area (Å²) in [7, 11) is -3.82. The van der Waals surface area contributed by atoms with Gasteiger partial charge in [0, 0.05) is 0 Å². The second-order valence-corrected chi connectivity index (χ2v) is 7.01. The van der Waals surface area contributed by atoms with Gasteiger partial charge in [-0.1, -0.05) is 47.0 Å². The van der Waals surface area contributed by atoms with Gasteiger partial charge in [-0.2, -0.15) is 0 Å². The summed E-state index contributed by atoms with van der Waals surface area (Å²) >= 11 is 0. The number of rotatable bonds is 11. The molecule has 4 nitrogen and oxygen atoms in total. The van der Waals surface area contributed by atoms with Gasteiger partial charge in [0.15, 0.2) is 0 Å². The molecule has 0 aliphatic rings. The van der Waals surface area contributed by atoms with E-state index in [1.54, 1.807) is 0 Å². The maximum Gasteiger partial charge on any atom is 0.472 e. The van der Waals surface area contributed by atoms with Crippen LogP contribution in [-0.4, -0.2) is 18.1 Å². The predicted molar refractivity (Wildman–Crippen MR) is 74.5 cm³/mol. The van der Waals surface area contributed by atoms with Crippen molar-refractivity contribution in [3.8, 4) is 0 Å². The first kappa shape index (κ1) is 18.1. The average molecular weight is 280 g/mol. The lowest BCUT2D eigenvalue weighted by Crippen LogP contribution is -2.01. The lowest BCUT2D eigenvalue weighted by atomic mass is 10.1. The Kier molecular flexibility index (Phi) is 10.0. The highest BCUT2D eigenvalue weighted by atomic mass is 31.2. The van der Waals surface area contributed by atoms with Crippen molar-refractivity contribution in [2.45, 2.75) is 59.8 Å². The van der Waals surface area contributed by atoms with Gasteiger partial charge >= 0.3 is 7.82 Å². The van der Waals surface area contributed by atoms with Crippen LogP contribution in [-0.2, 0) is 13.6 Å². The Morgan fingerprint density at radius 1 is 0.889 bits per heavy atom. The number of hydrogen-bond acceptors (Lipinski definition) is 3. The van der Waals surface area contributed by atoms with Crippen molar-refractivity contribution in [1.82, 2.24) is 0 Å². The first-order valence-corrected chi connectivity index (χ1v) is 8.45. The molecule has 0 saturated heterocycles. The van der Waals surface area contributed by atoms with Crippen LogP contribution >= 0.6 is 7.82 Å². The van der Waals surface area contributed by atoms with E-state index in [1.165, 1.54) is 6.42 Å². The number of phosphoric ester groups is 1. The monoisotopic (exact) mass is 280 g/mol. The molecule has 1 atom stereocenters. The fourth-order valence-corrected chi connectivity index (χ4v) is 2.22. The van der Waals surface area contributed by atoms with Crippen molar-refractivity contribution in [2.75, 3.05) is 13.2 Å². The highest BCUT2D eigenvalue weighted by molar-refractivity contribution is 7.47. The van der Waals surface area contributed by atoms with Crippen LogP contribution in [0, 0.1) is 11.8 Å². The summed E-state index contributed by atoms with van der Waals surface area (Å²) in [6, 6.07) is 0. The molecule has 0 aromatic heterocycles. The third-order valence-corrected chi connectivity index (χ3v) is 3.65. The summed E-state index contributed by atoms with van der Waals surface area (Å²) in [6.07, 6.45) is 4.95. The van der Waals surface area contributed by atoms with E-state index in [4.69, 9.17) is 9.05 Å². The summed E-state index contributed by atoms with van der Waals surface area (Å²) < 4.78 is 21.2. The molecule has 0 radical (unpaired) electrons. The Morgan fingerprint density at radius 2 is 1.44 bits per heavy atom. The molecule has 0 saturated carbocycles. The zero-order chi connectivity index (χ0) is 14.0. The summed E-state index contributed by atoms with van der Waals surface area (Å²) in [4.78, 5) is 9.38. The van der Waals surface area contributed by atoms with Gasteiger partial charge in [-0.15, -0.1) is 0 Å². The Morgan fingerprint density at radius 3 is 2.00 bits per heavy atom. The molecule has 0 heterocycles. The smallest absolute Gasteiger partial charge is 0.302 e. The van der Waals surface area contributed by atoms with E-state index < -0.39 is 7.82 Å². The van der Waals surface area contributed by atoms with Gasteiger partial charge in [0.05, 0.1) is 13.2 Å². The molecule has 0 bridgehead atoms. The molecular formula is C13H29O4P. The third kappa shape index (κ3) is 12.6. The minimum atomic E-state index is -3.82. The van der Waals surface area contributed by atoms with E-state index in [-0.39, 0.29) is 6.61 Å². The lowest BCUT2D eigenvalue weighted by Gasteiger charge is -2.13. The SMILES string of the molecule is CC(C)CCCCCOP(=O)(O)OCCC(C)C. The Balaban J connectivity index is 3.49. The van der Waals surface area contributed by atoms with E-state index in [2.05, 4.69) is 13.8 Å². The third-order valence-electron chi connectivity index (χ3n) is 2.63. The summed E-state index contributed by atoms with van der Waals surface area (Å²) in [5.74, 6) is 1.18. The van der Waals surface area contributed by atoms with Crippen LogP contribution in [0.5, 0.6) is 0 Å². The van der Waals surface area contributed by atoms with Crippen molar-refractivity contribution in [3.05, 3.63) is 0 Å². The molecule has 0 rings (SSSR count). The second kappa shape index (κ2) is 9.96. The maximum absolute atomic E-state index is 11.4. The van der Waals surface area contributed by atoms with Crippen LogP contribution in [0.25, 0.3) is 0 Å². The average Bonchev–Trinajstić information content (AvgIpc) is 2.21. The van der Waals surface area contributed by atoms with Crippen molar-refractivity contribution >= 4 is 7.82 Å². The molecule has 0 aliphatic heterocycles. The topological polar surface area (TPSA) is 55.8 Å². The highest BCUT2D eigenvalue weighted by Crippen LogP contribution is 2.43. The second-order valence-electron chi connectivity index (χ2n) is 5.56. The van der Waals surface area contributed by atoms with Crippen LogP contribution in [0.4, 0.5) is 0 Å². The maximum atomic E-state index is 11.4. The number of unbranched alkanes of at least 4 members (excludes halogenated alkanes) is 2. The molecule has 0 fully saturated rings. The minimum absolute atomic E-state index is 0.277. The first-order chi connectivity index (χ1) is 8.33. The van der Waals surface area contributed by atoms with Crippen molar-refractivity contribution in [1.29, 1.82) is 0 Å². The normalized spacial score (nSPS) is 15.3. The van der Waals surface area contributed by atoms with E-state index in [1.807, 2.05) is 13.8 Å². The van der Waals surface area contributed by atoms with Crippen LogP contribution in [0.2, 0.25) is 0 Å². The zero-order valence-electron chi connectivity index (χ0n) is 12.2. The predicted octanol–water partition coefficient (Wildman–Crippen LogP) is 4.38. The van der Waals surface area contributed by atoms with Crippen molar-refractivity contribution in [2.24, 2.45) is 11.8 Å². The summed E-state index contributed by atoms with van der Waals surface area (Å²) in [6.45, 7) is 9.05. The zero-order valence-corrected chi connectivity index (χ0v) is 13.1. The molecular weight excluding hydrogens is 251 g/mol. The summed E-state index contributed by atoms with van der Waals surface area (Å²) in [5.41, 5.74) is 0. The Hall–Kier alpha value is 0.110. The van der Waals surface area contributed by atoms with E-state index in [9.17, 15) is 9.46 Å². The molecule has 110 valence electrons. The molecule has 1 N–H and O–H groups in total. The van der Waals surface area contributed by atoms with Gasteiger partial charge in [-0.25, -0.2) is 4.57 Å². The number of hydrogen-bond donors (Lipinski definition) is 1. The molecule has 0 aromatic rings. The van der Waals surface area contributed by atoms with E-state index >= 15 is 0 Å². The van der Waals surface area contributed by atoms with Gasteiger partial charge in [-0.05, 0) is 24.7 Å². The van der Waals surface area contributed by atoms with Gasteiger partial charge < -0.3 is 4.89 Å².